The zero-order valence-electron chi connectivity index (χ0n) is 8.55. The molecule has 0 atom stereocenters. The van der Waals surface area contributed by atoms with Crippen molar-refractivity contribution in [3.63, 3.8) is 0 Å². The van der Waals surface area contributed by atoms with Crippen LogP contribution in [0.2, 0.25) is 5.02 Å². The van der Waals surface area contributed by atoms with Crippen LogP contribution in [0.25, 0.3) is 5.69 Å². The molecule has 1 aromatic heterocycles. The van der Waals surface area contributed by atoms with Crippen molar-refractivity contribution < 1.29 is 9.53 Å². The number of halogens is 1. The molecule has 2 aromatic rings. The number of carbonyl (C=O) groups excluding carboxylic acids is 1. The predicted molar refractivity (Wildman–Crippen MR) is 60.5 cm³/mol. The minimum Gasteiger partial charge on any atom is -0.493 e. The third-order valence-corrected chi connectivity index (χ3v) is 2.47. The van der Waals surface area contributed by atoms with E-state index in [0.717, 1.165) is 6.29 Å². The van der Waals surface area contributed by atoms with Crippen molar-refractivity contribution in [1.82, 2.24) is 9.78 Å². The Morgan fingerprint density at radius 1 is 1.50 bits per heavy atom. The van der Waals surface area contributed by atoms with Gasteiger partial charge in [-0.15, -0.1) is 0 Å². The zero-order chi connectivity index (χ0) is 11.5. The number of methoxy groups -OCH3 is 1. The molecule has 16 heavy (non-hydrogen) atoms. The topological polar surface area (TPSA) is 44.1 Å². The zero-order valence-corrected chi connectivity index (χ0v) is 9.31. The number of aldehydes is 1. The molecule has 2 rings (SSSR count). The molecule has 0 saturated heterocycles. The van der Waals surface area contributed by atoms with Crippen molar-refractivity contribution in [3.05, 3.63) is 41.2 Å². The van der Waals surface area contributed by atoms with E-state index in [-0.39, 0.29) is 0 Å². The molecule has 5 heteroatoms. The van der Waals surface area contributed by atoms with Gasteiger partial charge in [0.1, 0.15) is 0 Å². The maximum atomic E-state index is 10.9. The molecule has 0 radical (unpaired) electrons. The summed E-state index contributed by atoms with van der Waals surface area (Å²) in [6.45, 7) is 0. The summed E-state index contributed by atoms with van der Waals surface area (Å²) in [5.41, 5.74) is 1.04. The van der Waals surface area contributed by atoms with Crippen molar-refractivity contribution in [1.29, 1.82) is 0 Å². The minimum atomic E-state index is 0.468. The largest absolute Gasteiger partial charge is 0.493 e. The van der Waals surface area contributed by atoms with Crippen LogP contribution < -0.4 is 4.74 Å². The van der Waals surface area contributed by atoms with E-state index in [1.54, 1.807) is 37.7 Å². The molecular formula is C11H9ClN2O2. The first-order valence-corrected chi connectivity index (χ1v) is 4.97. The van der Waals surface area contributed by atoms with Crippen molar-refractivity contribution >= 4 is 17.9 Å². The van der Waals surface area contributed by atoms with Crippen LogP contribution >= 0.6 is 11.6 Å². The number of rotatable bonds is 3. The van der Waals surface area contributed by atoms with E-state index < -0.39 is 0 Å². The fourth-order valence-electron chi connectivity index (χ4n) is 1.40. The van der Waals surface area contributed by atoms with E-state index >= 15 is 0 Å². The van der Waals surface area contributed by atoms with Crippen LogP contribution in [0.1, 0.15) is 10.4 Å². The van der Waals surface area contributed by atoms with E-state index in [4.69, 9.17) is 16.3 Å². The summed E-state index contributed by atoms with van der Waals surface area (Å²) >= 11 is 6.03. The maximum absolute atomic E-state index is 10.9. The molecule has 0 aliphatic heterocycles. The van der Waals surface area contributed by atoms with Gasteiger partial charge in [-0.25, -0.2) is 4.68 Å². The predicted octanol–water partition coefficient (Wildman–Crippen LogP) is 2.35. The van der Waals surface area contributed by atoms with E-state index in [1.807, 2.05) is 0 Å². The van der Waals surface area contributed by atoms with Crippen molar-refractivity contribution in [2.75, 3.05) is 7.11 Å². The number of aromatic nitrogens is 2. The normalized spacial score (nSPS) is 10.1. The highest BCUT2D eigenvalue weighted by Crippen LogP contribution is 2.24. The second-order valence-corrected chi connectivity index (χ2v) is 3.53. The maximum Gasteiger partial charge on any atom is 0.157 e. The van der Waals surface area contributed by atoms with Crippen LogP contribution in [-0.4, -0.2) is 23.2 Å². The Balaban J connectivity index is 2.58. The summed E-state index contributed by atoms with van der Waals surface area (Å²) < 4.78 is 6.53. The van der Waals surface area contributed by atoms with Gasteiger partial charge in [0.15, 0.2) is 12.0 Å². The molecule has 0 fully saturated rings. The molecule has 4 nitrogen and oxygen atoms in total. The standard InChI is InChI=1S/C11H9ClN2O2/c1-16-9-5-13-14(6-9)11-8(7-15)3-2-4-10(11)12/h2-7H,1H3. The number of ether oxygens (including phenoxy) is 1. The smallest absolute Gasteiger partial charge is 0.157 e. The molecule has 0 aliphatic carbocycles. The Kier molecular flexibility index (Phi) is 2.92. The van der Waals surface area contributed by atoms with Gasteiger partial charge in [-0.1, -0.05) is 17.7 Å². The quantitative estimate of drug-likeness (QED) is 0.769. The number of carbonyl (C=O) groups is 1. The first-order valence-electron chi connectivity index (χ1n) is 4.59. The lowest BCUT2D eigenvalue weighted by atomic mass is 10.2. The molecule has 0 bridgehead atoms. The van der Waals surface area contributed by atoms with Crippen LogP contribution in [0.3, 0.4) is 0 Å². The molecule has 0 spiro atoms. The number of hydrogen-bond donors (Lipinski definition) is 0. The Morgan fingerprint density at radius 2 is 2.31 bits per heavy atom. The summed E-state index contributed by atoms with van der Waals surface area (Å²) in [4.78, 5) is 10.9. The van der Waals surface area contributed by atoms with Gasteiger partial charge >= 0.3 is 0 Å². The number of hydrogen-bond acceptors (Lipinski definition) is 3. The van der Waals surface area contributed by atoms with Crippen LogP contribution in [0, 0.1) is 0 Å². The lowest BCUT2D eigenvalue weighted by Gasteiger charge is -2.06. The molecule has 0 amide bonds. The van der Waals surface area contributed by atoms with Gasteiger partial charge in [0, 0.05) is 5.56 Å². The Morgan fingerprint density at radius 3 is 2.94 bits per heavy atom. The van der Waals surface area contributed by atoms with Crippen LogP contribution in [0.4, 0.5) is 0 Å². The van der Waals surface area contributed by atoms with E-state index in [0.29, 0.717) is 22.0 Å². The number of benzene rings is 1. The number of nitrogens with zero attached hydrogens (tertiary/aromatic N) is 2. The molecule has 0 aliphatic rings. The minimum absolute atomic E-state index is 0.468. The molecule has 1 aromatic carbocycles. The lowest BCUT2D eigenvalue weighted by molar-refractivity contribution is 0.112. The van der Waals surface area contributed by atoms with Gasteiger partial charge in [0.25, 0.3) is 0 Å². The molecule has 0 saturated carbocycles. The highest BCUT2D eigenvalue weighted by Gasteiger charge is 2.10. The molecular weight excluding hydrogens is 228 g/mol. The summed E-state index contributed by atoms with van der Waals surface area (Å²) in [7, 11) is 1.55. The summed E-state index contributed by atoms with van der Waals surface area (Å²) in [6, 6.07) is 5.11. The Bertz CT molecular complexity index is 522. The average molecular weight is 237 g/mol. The highest BCUT2D eigenvalue weighted by atomic mass is 35.5. The molecule has 82 valence electrons. The van der Waals surface area contributed by atoms with Crippen LogP contribution in [0.5, 0.6) is 5.75 Å². The third kappa shape index (κ3) is 1.79. The summed E-state index contributed by atoms with van der Waals surface area (Å²) in [6.07, 6.45) is 3.96. The number of para-hydroxylation sites is 1. The van der Waals surface area contributed by atoms with Gasteiger partial charge in [0.05, 0.1) is 30.2 Å². The SMILES string of the molecule is COc1cnn(-c2c(Cl)cccc2C=O)c1. The Hall–Kier alpha value is -1.81. The highest BCUT2D eigenvalue weighted by molar-refractivity contribution is 6.32. The second kappa shape index (κ2) is 4.37. The van der Waals surface area contributed by atoms with Gasteiger partial charge in [-0.2, -0.15) is 5.10 Å². The first-order chi connectivity index (χ1) is 7.76. The van der Waals surface area contributed by atoms with Crippen molar-refractivity contribution in [3.8, 4) is 11.4 Å². The van der Waals surface area contributed by atoms with E-state index in [1.165, 1.54) is 4.68 Å². The van der Waals surface area contributed by atoms with Gasteiger partial charge in [0.2, 0.25) is 0 Å². The third-order valence-electron chi connectivity index (χ3n) is 2.17. The fourth-order valence-corrected chi connectivity index (χ4v) is 1.67. The van der Waals surface area contributed by atoms with E-state index in [9.17, 15) is 4.79 Å². The monoisotopic (exact) mass is 236 g/mol. The van der Waals surface area contributed by atoms with Gasteiger partial charge in [-0.05, 0) is 12.1 Å². The second-order valence-electron chi connectivity index (χ2n) is 3.12. The molecule has 0 N–H and O–H groups in total. The van der Waals surface area contributed by atoms with Crippen LogP contribution in [-0.2, 0) is 0 Å². The molecule has 0 unspecified atom stereocenters. The van der Waals surface area contributed by atoms with E-state index in [2.05, 4.69) is 5.10 Å². The Labute approximate surface area is 97.4 Å². The fraction of sp³-hybridized carbons (Fsp3) is 0.0909. The lowest BCUT2D eigenvalue weighted by Crippen LogP contribution is -2.00. The van der Waals surface area contributed by atoms with Crippen molar-refractivity contribution in [2.45, 2.75) is 0 Å². The first kappa shape index (κ1) is 10.7. The summed E-state index contributed by atoms with van der Waals surface area (Å²) in [5, 5.41) is 4.54. The van der Waals surface area contributed by atoms with Gasteiger partial charge < -0.3 is 4.74 Å². The van der Waals surface area contributed by atoms with Gasteiger partial charge in [-0.3, -0.25) is 4.79 Å². The van der Waals surface area contributed by atoms with Crippen molar-refractivity contribution in [2.24, 2.45) is 0 Å². The molecule has 1 heterocycles. The van der Waals surface area contributed by atoms with Crippen LogP contribution in [0.15, 0.2) is 30.6 Å². The summed E-state index contributed by atoms with van der Waals surface area (Å²) in [5.74, 6) is 0.608. The average Bonchev–Trinajstić information content (AvgIpc) is 2.76.